The summed E-state index contributed by atoms with van der Waals surface area (Å²) in [5.74, 6) is -0.866. The highest BCUT2D eigenvalue weighted by molar-refractivity contribution is 5.91. The van der Waals surface area contributed by atoms with Crippen LogP contribution in [0.2, 0.25) is 0 Å². The molecule has 0 aliphatic rings. The van der Waals surface area contributed by atoms with E-state index in [0.717, 1.165) is 0 Å². The smallest absolute Gasteiger partial charge is 0.307 e. The van der Waals surface area contributed by atoms with E-state index in [2.05, 4.69) is 15.0 Å². The molecule has 0 aliphatic heterocycles. The summed E-state index contributed by atoms with van der Waals surface area (Å²) in [4.78, 5) is 26.4. The van der Waals surface area contributed by atoms with E-state index in [-0.39, 0.29) is 24.6 Å². The molecule has 1 N–H and O–H groups in total. The first kappa shape index (κ1) is 18.1. The first-order chi connectivity index (χ1) is 12.1. The average Bonchev–Trinajstić information content (AvgIpc) is 2.62. The predicted octanol–water partition coefficient (Wildman–Crippen LogP) is 2.71. The number of hydrogen-bond donors (Lipinski definition) is 1. The largest absolute Gasteiger partial charge is 0.469 e. The van der Waals surface area contributed by atoms with Crippen molar-refractivity contribution in [1.82, 2.24) is 10.3 Å². The van der Waals surface area contributed by atoms with Crippen LogP contribution < -0.4 is 10.1 Å². The van der Waals surface area contributed by atoms with E-state index in [1.807, 2.05) is 0 Å². The van der Waals surface area contributed by atoms with E-state index >= 15 is 0 Å². The second-order valence-corrected chi connectivity index (χ2v) is 4.93. The molecule has 1 aromatic carbocycles. The zero-order valence-electron chi connectivity index (χ0n) is 13.6. The van der Waals surface area contributed by atoms with Crippen LogP contribution in [0.3, 0.4) is 0 Å². The maximum atomic E-state index is 14.1. The molecule has 0 radical (unpaired) electrons. The Balaban J connectivity index is 1.91. The number of nitrogens with zero attached hydrogens (tertiary/aromatic N) is 1. The molecule has 1 amide bonds. The van der Waals surface area contributed by atoms with Gasteiger partial charge in [-0.25, -0.2) is 4.39 Å². The summed E-state index contributed by atoms with van der Waals surface area (Å²) in [6.07, 6.45) is 5.88. The number of carbonyl (C=O) groups is 2. The van der Waals surface area contributed by atoms with E-state index in [4.69, 9.17) is 4.74 Å². The number of ether oxygens (including phenoxy) is 2. The summed E-state index contributed by atoms with van der Waals surface area (Å²) in [5.41, 5.74) is 0.499. The van der Waals surface area contributed by atoms with Gasteiger partial charge >= 0.3 is 5.97 Å². The molecule has 1 aromatic heterocycles. The molecule has 2 aromatic rings. The second-order valence-electron chi connectivity index (χ2n) is 4.93. The number of aromatic nitrogens is 1. The van der Waals surface area contributed by atoms with E-state index in [1.165, 1.54) is 37.6 Å². The lowest BCUT2D eigenvalue weighted by Crippen LogP contribution is -2.24. The number of rotatable bonds is 7. The zero-order chi connectivity index (χ0) is 18.1. The Morgan fingerprint density at radius 3 is 2.84 bits per heavy atom. The van der Waals surface area contributed by atoms with Gasteiger partial charge in [-0.15, -0.1) is 0 Å². The fourth-order valence-corrected chi connectivity index (χ4v) is 1.86. The van der Waals surface area contributed by atoms with Crippen molar-refractivity contribution in [3.63, 3.8) is 0 Å². The number of nitrogens with one attached hydrogen (secondary N) is 1. The van der Waals surface area contributed by atoms with Crippen LogP contribution >= 0.6 is 0 Å². The van der Waals surface area contributed by atoms with Crippen LogP contribution in [-0.4, -0.2) is 30.5 Å². The van der Waals surface area contributed by atoms with Crippen molar-refractivity contribution in [1.29, 1.82) is 0 Å². The Kier molecular flexibility index (Phi) is 6.65. The number of hydrogen-bond acceptors (Lipinski definition) is 5. The maximum Gasteiger partial charge on any atom is 0.307 e. The van der Waals surface area contributed by atoms with Gasteiger partial charge in [-0.3, -0.25) is 14.6 Å². The molecule has 130 valence electrons. The van der Waals surface area contributed by atoms with Gasteiger partial charge in [0.25, 0.3) is 0 Å². The lowest BCUT2D eigenvalue weighted by molar-refractivity contribution is -0.140. The Morgan fingerprint density at radius 1 is 1.32 bits per heavy atom. The van der Waals surface area contributed by atoms with E-state index in [0.29, 0.717) is 11.3 Å². The molecule has 2 rings (SSSR count). The lowest BCUT2D eigenvalue weighted by Gasteiger charge is -2.06. The molecule has 0 atom stereocenters. The standard InChI is InChI=1S/C18H17FN2O4/c1-24-18(23)8-10-21-17(22)7-5-13-4-6-16(15(19)11-13)25-14-3-2-9-20-12-14/h2-7,9,11-12H,8,10H2,1H3,(H,21,22). The van der Waals surface area contributed by atoms with Crippen LogP contribution in [0.4, 0.5) is 4.39 Å². The number of pyridine rings is 1. The summed E-state index contributed by atoms with van der Waals surface area (Å²) in [7, 11) is 1.28. The molecule has 0 spiro atoms. The third kappa shape index (κ3) is 6.06. The van der Waals surface area contributed by atoms with Crippen LogP contribution in [0.5, 0.6) is 11.5 Å². The topological polar surface area (TPSA) is 77.5 Å². The number of methoxy groups -OCH3 is 1. The highest BCUT2D eigenvalue weighted by atomic mass is 19.1. The number of halogens is 1. The SMILES string of the molecule is COC(=O)CCNC(=O)C=Cc1ccc(Oc2cccnc2)c(F)c1. The van der Waals surface area contributed by atoms with Crippen molar-refractivity contribution in [3.05, 3.63) is 60.2 Å². The molecule has 0 saturated heterocycles. The van der Waals surface area contributed by atoms with E-state index in [9.17, 15) is 14.0 Å². The summed E-state index contributed by atoms with van der Waals surface area (Å²) in [6, 6.07) is 7.69. The van der Waals surface area contributed by atoms with E-state index in [1.54, 1.807) is 24.4 Å². The summed E-state index contributed by atoms with van der Waals surface area (Å²) >= 11 is 0. The van der Waals surface area contributed by atoms with Crippen molar-refractivity contribution in [2.45, 2.75) is 6.42 Å². The first-order valence-corrected chi connectivity index (χ1v) is 7.48. The molecule has 6 nitrogen and oxygen atoms in total. The zero-order valence-corrected chi connectivity index (χ0v) is 13.6. The molecular formula is C18H17FN2O4. The number of amides is 1. The molecule has 25 heavy (non-hydrogen) atoms. The van der Waals surface area contributed by atoms with Crippen molar-refractivity contribution in [3.8, 4) is 11.5 Å². The monoisotopic (exact) mass is 344 g/mol. The van der Waals surface area contributed by atoms with Gasteiger partial charge in [0.1, 0.15) is 5.75 Å². The molecular weight excluding hydrogens is 327 g/mol. The van der Waals surface area contributed by atoms with Gasteiger partial charge in [0.2, 0.25) is 5.91 Å². The minimum Gasteiger partial charge on any atom is -0.469 e. The number of carbonyl (C=O) groups excluding carboxylic acids is 2. The predicted molar refractivity (Wildman–Crippen MR) is 89.4 cm³/mol. The maximum absolute atomic E-state index is 14.1. The highest BCUT2D eigenvalue weighted by Crippen LogP contribution is 2.24. The average molecular weight is 344 g/mol. The number of benzene rings is 1. The molecule has 1 heterocycles. The van der Waals surface area contributed by atoms with Crippen LogP contribution in [0.1, 0.15) is 12.0 Å². The first-order valence-electron chi connectivity index (χ1n) is 7.48. The third-order valence-electron chi connectivity index (χ3n) is 3.10. The van der Waals surface area contributed by atoms with Crippen molar-refractivity contribution >= 4 is 18.0 Å². The summed E-state index contributed by atoms with van der Waals surface area (Å²) < 4.78 is 23.9. The van der Waals surface area contributed by atoms with Gasteiger partial charge in [0.15, 0.2) is 11.6 Å². The Labute approximate surface area is 144 Å². The van der Waals surface area contributed by atoms with Gasteiger partial charge in [-0.1, -0.05) is 6.07 Å². The van der Waals surface area contributed by atoms with Crippen LogP contribution in [0.15, 0.2) is 48.8 Å². The molecule has 0 fully saturated rings. The molecule has 0 unspecified atom stereocenters. The molecule has 0 bridgehead atoms. The quantitative estimate of drug-likeness (QED) is 0.617. The van der Waals surface area contributed by atoms with E-state index < -0.39 is 11.8 Å². The van der Waals surface area contributed by atoms with Gasteiger partial charge in [-0.05, 0) is 35.9 Å². The molecule has 7 heteroatoms. The number of esters is 1. The lowest BCUT2D eigenvalue weighted by atomic mass is 10.2. The second kappa shape index (κ2) is 9.17. The Bertz CT molecular complexity index is 763. The van der Waals surface area contributed by atoms with Crippen LogP contribution in [0, 0.1) is 5.82 Å². The van der Waals surface area contributed by atoms with Gasteiger partial charge in [0, 0.05) is 18.8 Å². The normalized spacial score (nSPS) is 10.5. The summed E-state index contributed by atoms with van der Waals surface area (Å²) in [6.45, 7) is 0.169. The Morgan fingerprint density at radius 2 is 2.16 bits per heavy atom. The van der Waals surface area contributed by atoms with Gasteiger partial charge < -0.3 is 14.8 Å². The minimum absolute atomic E-state index is 0.0627. The van der Waals surface area contributed by atoms with Gasteiger partial charge in [0.05, 0.1) is 19.7 Å². The highest BCUT2D eigenvalue weighted by Gasteiger charge is 2.06. The van der Waals surface area contributed by atoms with Crippen molar-refractivity contribution in [2.75, 3.05) is 13.7 Å². The Hall–Kier alpha value is -3.22. The van der Waals surface area contributed by atoms with Crippen LogP contribution in [0.25, 0.3) is 6.08 Å². The fraction of sp³-hybridized carbons (Fsp3) is 0.167. The van der Waals surface area contributed by atoms with Crippen molar-refractivity contribution < 1.29 is 23.5 Å². The van der Waals surface area contributed by atoms with Crippen molar-refractivity contribution in [2.24, 2.45) is 0 Å². The summed E-state index contributed by atoms with van der Waals surface area (Å²) in [5, 5.41) is 2.52. The van der Waals surface area contributed by atoms with Gasteiger partial charge in [-0.2, -0.15) is 0 Å². The van der Waals surface area contributed by atoms with Crippen LogP contribution in [-0.2, 0) is 14.3 Å². The molecule has 0 aliphatic carbocycles. The minimum atomic E-state index is -0.558. The third-order valence-corrected chi connectivity index (χ3v) is 3.10. The fourth-order valence-electron chi connectivity index (χ4n) is 1.86. The molecule has 0 saturated carbocycles.